The molecular formula is C31H34N4O6. The van der Waals surface area contributed by atoms with Gasteiger partial charge in [-0.3, -0.25) is 14.4 Å². The van der Waals surface area contributed by atoms with Crippen molar-refractivity contribution in [3.05, 3.63) is 78.4 Å². The third kappa shape index (κ3) is 5.50. The Morgan fingerprint density at radius 1 is 0.854 bits per heavy atom. The van der Waals surface area contributed by atoms with Crippen LogP contribution in [-0.4, -0.2) is 80.7 Å². The largest absolute Gasteiger partial charge is 0.497 e. The molecule has 0 aliphatic carbocycles. The van der Waals surface area contributed by atoms with Crippen LogP contribution in [0.15, 0.2) is 72.8 Å². The van der Waals surface area contributed by atoms with Crippen LogP contribution in [0.5, 0.6) is 17.2 Å². The first-order valence-electron chi connectivity index (χ1n) is 13.5. The van der Waals surface area contributed by atoms with Crippen molar-refractivity contribution in [3.8, 4) is 17.2 Å². The molecule has 0 bridgehead atoms. The highest BCUT2D eigenvalue weighted by atomic mass is 16.5. The van der Waals surface area contributed by atoms with Crippen LogP contribution in [0.2, 0.25) is 0 Å². The zero-order valence-corrected chi connectivity index (χ0v) is 23.5. The third-order valence-corrected chi connectivity index (χ3v) is 7.81. The van der Waals surface area contributed by atoms with E-state index in [1.54, 1.807) is 66.5 Å². The molecule has 0 unspecified atom stereocenters. The number of piperidine rings is 1. The minimum Gasteiger partial charge on any atom is -0.497 e. The van der Waals surface area contributed by atoms with Crippen molar-refractivity contribution in [2.75, 3.05) is 57.8 Å². The van der Waals surface area contributed by atoms with E-state index >= 15 is 0 Å². The van der Waals surface area contributed by atoms with Crippen molar-refractivity contribution in [2.45, 2.75) is 18.4 Å². The summed E-state index contributed by atoms with van der Waals surface area (Å²) in [5.41, 5.74) is 1.11. The number of hydrogen-bond donors (Lipinski definition) is 1. The number of hydrogen-bond acceptors (Lipinski definition) is 7. The number of carbonyl (C=O) groups is 3. The molecular weight excluding hydrogens is 524 g/mol. The number of para-hydroxylation sites is 1. The zero-order chi connectivity index (χ0) is 29.0. The van der Waals surface area contributed by atoms with Gasteiger partial charge in [0.2, 0.25) is 5.91 Å². The first kappa shape index (κ1) is 27.8. The van der Waals surface area contributed by atoms with E-state index in [0.29, 0.717) is 54.4 Å². The Kier molecular flexibility index (Phi) is 8.00. The minimum absolute atomic E-state index is 0.0817. The maximum atomic E-state index is 14.0. The second-order valence-corrected chi connectivity index (χ2v) is 10.1. The fraction of sp³-hybridized carbons (Fsp3) is 0.323. The molecule has 10 heteroatoms. The van der Waals surface area contributed by atoms with Crippen molar-refractivity contribution in [3.63, 3.8) is 0 Å². The smallest absolute Gasteiger partial charge is 0.257 e. The van der Waals surface area contributed by atoms with Gasteiger partial charge in [-0.25, -0.2) is 0 Å². The first-order valence-corrected chi connectivity index (χ1v) is 13.5. The molecule has 214 valence electrons. The molecule has 0 atom stereocenters. The summed E-state index contributed by atoms with van der Waals surface area (Å²) >= 11 is 0. The molecule has 2 aliphatic rings. The molecule has 3 amide bonds. The minimum atomic E-state index is -0.859. The number of anilines is 2. The standard InChI is InChI=1S/C31H34N4O6/c1-39-24-11-9-22(10-12-24)32-28(36)20-34-21-35(23-7-5-4-6-8-23)31(30(34)38)15-17-33(18-16-31)29(37)26-14-13-25(40-2)19-27(26)41-3/h4-14,19H,15-18,20-21H2,1-3H3,(H,32,36). The Hall–Kier alpha value is -4.73. The molecule has 5 rings (SSSR count). The van der Waals surface area contributed by atoms with Gasteiger partial charge in [0.1, 0.15) is 29.3 Å². The lowest BCUT2D eigenvalue weighted by atomic mass is 9.85. The van der Waals surface area contributed by atoms with Crippen LogP contribution in [0.25, 0.3) is 0 Å². The Labute approximate surface area is 239 Å². The van der Waals surface area contributed by atoms with E-state index in [1.807, 2.05) is 30.3 Å². The number of nitrogens with zero attached hydrogens (tertiary/aromatic N) is 3. The highest BCUT2D eigenvalue weighted by Gasteiger charge is 2.54. The van der Waals surface area contributed by atoms with E-state index in [-0.39, 0.29) is 30.9 Å². The molecule has 41 heavy (non-hydrogen) atoms. The maximum absolute atomic E-state index is 14.0. The van der Waals surface area contributed by atoms with Crippen molar-refractivity contribution >= 4 is 29.1 Å². The Balaban J connectivity index is 1.33. The number of likely N-dealkylation sites (tertiary alicyclic amines) is 1. The number of rotatable bonds is 8. The number of ether oxygens (including phenoxy) is 3. The average molecular weight is 559 g/mol. The van der Waals surface area contributed by atoms with Gasteiger partial charge in [0.05, 0.1) is 33.6 Å². The summed E-state index contributed by atoms with van der Waals surface area (Å²) in [4.78, 5) is 45.9. The van der Waals surface area contributed by atoms with Crippen molar-refractivity contribution in [1.82, 2.24) is 9.80 Å². The molecule has 3 aromatic rings. The summed E-state index contributed by atoms with van der Waals surface area (Å²) < 4.78 is 15.9. The van der Waals surface area contributed by atoms with Gasteiger partial charge in [0, 0.05) is 30.5 Å². The van der Waals surface area contributed by atoms with Gasteiger partial charge >= 0.3 is 0 Å². The lowest BCUT2D eigenvalue weighted by Gasteiger charge is -2.43. The second kappa shape index (κ2) is 11.8. The summed E-state index contributed by atoms with van der Waals surface area (Å²) in [5, 5.41) is 2.87. The molecule has 3 aromatic carbocycles. The zero-order valence-electron chi connectivity index (χ0n) is 23.5. The van der Waals surface area contributed by atoms with E-state index in [1.165, 1.54) is 7.11 Å². The third-order valence-electron chi connectivity index (χ3n) is 7.81. The van der Waals surface area contributed by atoms with Crippen LogP contribution in [-0.2, 0) is 9.59 Å². The van der Waals surface area contributed by atoms with Gasteiger partial charge in [-0.2, -0.15) is 0 Å². The molecule has 2 aliphatic heterocycles. The second-order valence-electron chi connectivity index (χ2n) is 10.1. The maximum Gasteiger partial charge on any atom is 0.257 e. The molecule has 2 fully saturated rings. The normalized spacial score (nSPS) is 16.1. The fourth-order valence-corrected chi connectivity index (χ4v) is 5.60. The fourth-order valence-electron chi connectivity index (χ4n) is 5.60. The highest BCUT2D eigenvalue weighted by molar-refractivity contribution is 6.00. The van der Waals surface area contributed by atoms with E-state index in [9.17, 15) is 14.4 Å². The van der Waals surface area contributed by atoms with Gasteiger partial charge < -0.3 is 34.2 Å². The quantitative estimate of drug-likeness (QED) is 0.451. The monoisotopic (exact) mass is 558 g/mol. The predicted molar refractivity (Wildman–Crippen MR) is 155 cm³/mol. The number of benzene rings is 3. The Morgan fingerprint density at radius 2 is 1.51 bits per heavy atom. The van der Waals surface area contributed by atoms with Gasteiger partial charge in [0.15, 0.2) is 0 Å². The lowest BCUT2D eigenvalue weighted by Crippen LogP contribution is -2.57. The number of nitrogens with one attached hydrogen (secondary N) is 1. The van der Waals surface area contributed by atoms with E-state index < -0.39 is 5.54 Å². The van der Waals surface area contributed by atoms with E-state index in [4.69, 9.17) is 14.2 Å². The molecule has 1 spiro atoms. The van der Waals surface area contributed by atoms with Crippen LogP contribution in [0.4, 0.5) is 11.4 Å². The molecule has 0 aromatic heterocycles. The summed E-state index contributed by atoms with van der Waals surface area (Å²) in [6, 6.07) is 21.9. The molecule has 1 N–H and O–H groups in total. The van der Waals surface area contributed by atoms with Gasteiger partial charge in [-0.15, -0.1) is 0 Å². The van der Waals surface area contributed by atoms with Gasteiger partial charge in [0.25, 0.3) is 11.8 Å². The van der Waals surface area contributed by atoms with Crippen LogP contribution in [0, 0.1) is 0 Å². The SMILES string of the molecule is COc1ccc(NC(=O)CN2CN(c3ccccc3)C3(CCN(C(=O)c4ccc(OC)cc4OC)CC3)C2=O)cc1. The van der Waals surface area contributed by atoms with Crippen LogP contribution >= 0.6 is 0 Å². The first-order chi connectivity index (χ1) is 19.9. The van der Waals surface area contributed by atoms with Crippen LogP contribution < -0.4 is 24.4 Å². The summed E-state index contributed by atoms with van der Waals surface area (Å²) in [7, 11) is 4.66. The molecule has 2 heterocycles. The molecule has 2 saturated heterocycles. The molecule has 0 saturated carbocycles. The average Bonchev–Trinajstić information content (AvgIpc) is 3.27. The van der Waals surface area contributed by atoms with Crippen LogP contribution in [0.1, 0.15) is 23.2 Å². The van der Waals surface area contributed by atoms with E-state index in [0.717, 1.165) is 5.69 Å². The van der Waals surface area contributed by atoms with Crippen molar-refractivity contribution in [1.29, 1.82) is 0 Å². The number of carbonyl (C=O) groups excluding carboxylic acids is 3. The highest BCUT2D eigenvalue weighted by Crippen LogP contribution is 2.40. The number of amides is 3. The molecule has 10 nitrogen and oxygen atoms in total. The predicted octanol–water partition coefficient (Wildman–Crippen LogP) is 3.63. The summed E-state index contributed by atoms with van der Waals surface area (Å²) in [6.07, 6.45) is 0.864. The van der Waals surface area contributed by atoms with E-state index in [2.05, 4.69) is 10.2 Å². The number of methoxy groups -OCH3 is 3. The summed E-state index contributed by atoms with van der Waals surface area (Å²) in [5.74, 6) is 1.17. The van der Waals surface area contributed by atoms with Crippen molar-refractivity contribution in [2.24, 2.45) is 0 Å². The summed E-state index contributed by atoms with van der Waals surface area (Å²) in [6.45, 7) is 0.963. The topological polar surface area (TPSA) is 101 Å². The lowest BCUT2D eigenvalue weighted by molar-refractivity contribution is -0.136. The Bertz CT molecular complexity index is 1400. The Morgan fingerprint density at radius 3 is 2.15 bits per heavy atom. The van der Waals surface area contributed by atoms with Gasteiger partial charge in [-0.1, -0.05) is 18.2 Å². The van der Waals surface area contributed by atoms with Gasteiger partial charge in [-0.05, 0) is 61.4 Å². The molecule has 0 radical (unpaired) electrons. The van der Waals surface area contributed by atoms with Crippen molar-refractivity contribution < 1.29 is 28.6 Å². The van der Waals surface area contributed by atoms with Crippen LogP contribution in [0.3, 0.4) is 0 Å².